The van der Waals surface area contributed by atoms with Crippen molar-refractivity contribution in [1.29, 1.82) is 0 Å². The minimum Gasteiger partial charge on any atom is -0.480 e. The van der Waals surface area contributed by atoms with Crippen LogP contribution in [0.15, 0.2) is 21.4 Å². The van der Waals surface area contributed by atoms with E-state index in [0.717, 1.165) is 6.92 Å². The van der Waals surface area contributed by atoms with Crippen molar-refractivity contribution in [2.24, 2.45) is 7.05 Å². The van der Waals surface area contributed by atoms with Gasteiger partial charge in [0.15, 0.2) is 6.10 Å². The molecule has 1 unspecified atom stereocenters. The molecular weight excluding hydrogens is 329 g/mol. The highest BCUT2D eigenvalue weighted by Crippen LogP contribution is 2.31. The van der Waals surface area contributed by atoms with E-state index >= 15 is 0 Å². The molecule has 0 amide bonds. The largest absolute Gasteiger partial charge is 0.480 e. The van der Waals surface area contributed by atoms with E-state index in [1.165, 1.54) is 10.7 Å². The van der Waals surface area contributed by atoms with Crippen LogP contribution in [0.5, 0.6) is 5.75 Å². The smallest absolute Gasteiger partial charge is 0.425 e. The highest BCUT2D eigenvalue weighted by atomic mass is 79.9. The maximum atomic E-state index is 12.5. The van der Waals surface area contributed by atoms with Gasteiger partial charge in [0.1, 0.15) is 11.1 Å². The summed E-state index contributed by atoms with van der Waals surface area (Å²) >= 11 is 3.18. The van der Waals surface area contributed by atoms with E-state index in [1.54, 1.807) is 13.1 Å². The number of H-pyrrole nitrogens is 1. The Balaban J connectivity index is 2.57. The number of aryl methyl sites for hydroxylation is 1. The minimum absolute atomic E-state index is 0.0989. The topological polar surface area (TPSA) is 47.0 Å². The van der Waals surface area contributed by atoms with Crippen LogP contribution in [0, 0.1) is 0 Å². The lowest BCUT2D eigenvalue weighted by atomic mass is 10.2. The summed E-state index contributed by atoms with van der Waals surface area (Å²) in [7, 11) is 1.59. The molecule has 4 nitrogen and oxygen atoms in total. The molecule has 0 aliphatic rings. The van der Waals surface area contributed by atoms with Crippen LogP contribution in [0.1, 0.15) is 6.92 Å². The second-order valence-corrected chi connectivity index (χ2v) is 5.02. The zero-order valence-corrected chi connectivity index (χ0v) is 11.6. The molecule has 1 aromatic heterocycles. The van der Waals surface area contributed by atoms with E-state index < -0.39 is 17.8 Å². The number of aromatic amines is 1. The van der Waals surface area contributed by atoms with Crippen LogP contribution < -0.4 is 10.3 Å². The van der Waals surface area contributed by atoms with Crippen molar-refractivity contribution in [3.63, 3.8) is 0 Å². The van der Waals surface area contributed by atoms with E-state index in [9.17, 15) is 18.0 Å². The number of rotatable bonds is 2. The molecule has 0 saturated heterocycles. The maximum Gasteiger partial charge on any atom is 0.425 e. The van der Waals surface area contributed by atoms with Crippen LogP contribution in [-0.4, -0.2) is 22.1 Å². The lowest BCUT2D eigenvalue weighted by molar-refractivity contribution is -0.189. The number of ether oxygens (including phenoxy) is 1. The van der Waals surface area contributed by atoms with Crippen molar-refractivity contribution < 1.29 is 17.9 Å². The molecule has 8 heteroatoms. The lowest BCUT2D eigenvalue weighted by Gasteiger charge is -2.18. The van der Waals surface area contributed by atoms with Gasteiger partial charge in [0.25, 0.3) is 5.56 Å². The van der Waals surface area contributed by atoms with E-state index in [0.29, 0.717) is 9.99 Å². The first kappa shape index (κ1) is 14.0. The van der Waals surface area contributed by atoms with Gasteiger partial charge in [-0.25, -0.2) is 0 Å². The number of fused-ring (bicyclic) bond motifs is 1. The Kier molecular flexibility index (Phi) is 3.38. The SMILES string of the molecule is CC(Oc1cc(Br)cc2c1c(=O)[nH]n2C)C(F)(F)F. The molecule has 0 aliphatic heterocycles. The van der Waals surface area contributed by atoms with Crippen LogP contribution in [-0.2, 0) is 7.05 Å². The zero-order chi connectivity index (χ0) is 14.4. The second kappa shape index (κ2) is 4.59. The fourth-order valence-corrected chi connectivity index (χ4v) is 2.10. The van der Waals surface area contributed by atoms with E-state index in [4.69, 9.17) is 4.74 Å². The third-order valence-corrected chi connectivity index (χ3v) is 3.13. The first-order valence-electron chi connectivity index (χ1n) is 5.32. The molecule has 2 aromatic rings. The number of aromatic nitrogens is 2. The molecule has 2 rings (SSSR count). The van der Waals surface area contributed by atoms with Gasteiger partial charge in [-0.15, -0.1) is 0 Å². The summed E-state index contributed by atoms with van der Waals surface area (Å²) < 4.78 is 44.4. The highest BCUT2D eigenvalue weighted by Gasteiger charge is 2.38. The lowest BCUT2D eigenvalue weighted by Crippen LogP contribution is -2.31. The van der Waals surface area contributed by atoms with Crippen molar-refractivity contribution in [3.8, 4) is 5.75 Å². The molecule has 1 atom stereocenters. The highest BCUT2D eigenvalue weighted by molar-refractivity contribution is 9.10. The number of hydrogen-bond donors (Lipinski definition) is 1. The van der Waals surface area contributed by atoms with Crippen LogP contribution in [0.3, 0.4) is 0 Å². The first-order valence-corrected chi connectivity index (χ1v) is 6.11. The monoisotopic (exact) mass is 338 g/mol. The summed E-state index contributed by atoms with van der Waals surface area (Å²) in [5, 5.41) is 2.57. The molecule has 104 valence electrons. The summed E-state index contributed by atoms with van der Waals surface area (Å²) in [4.78, 5) is 11.7. The molecule has 1 aromatic carbocycles. The third kappa shape index (κ3) is 2.63. The Labute approximate surface area is 114 Å². The fourth-order valence-electron chi connectivity index (χ4n) is 1.68. The zero-order valence-electron chi connectivity index (χ0n) is 10.0. The van der Waals surface area contributed by atoms with Gasteiger partial charge in [0.2, 0.25) is 0 Å². The van der Waals surface area contributed by atoms with Crippen LogP contribution in [0.2, 0.25) is 0 Å². The van der Waals surface area contributed by atoms with Crippen molar-refractivity contribution in [1.82, 2.24) is 9.78 Å². The van der Waals surface area contributed by atoms with Gasteiger partial charge in [-0.3, -0.25) is 14.6 Å². The van der Waals surface area contributed by atoms with Gasteiger partial charge >= 0.3 is 6.18 Å². The summed E-state index contributed by atoms with van der Waals surface area (Å²) in [5.41, 5.74) is -0.0295. The molecule has 0 saturated carbocycles. The van der Waals surface area contributed by atoms with Crippen LogP contribution in [0.4, 0.5) is 13.2 Å². The predicted molar refractivity (Wildman–Crippen MR) is 67.4 cm³/mol. The number of alkyl halides is 3. The summed E-state index contributed by atoms with van der Waals surface area (Å²) in [6.45, 7) is 0.893. The molecule has 0 fully saturated rings. The molecule has 0 bridgehead atoms. The standard InChI is InChI=1S/C11H10BrF3N2O2/c1-5(11(13,14)15)19-8-4-6(12)3-7-9(8)10(18)16-17(7)2/h3-5H,1-2H3,(H,16,18). The normalized spacial score (nSPS) is 13.8. The van der Waals surface area contributed by atoms with Crippen LogP contribution in [0.25, 0.3) is 10.9 Å². The minimum atomic E-state index is -4.49. The van der Waals surface area contributed by atoms with Crippen molar-refractivity contribution in [3.05, 3.63) is 27.0 Å². The number of nitrogens with one attached hydrogen (secondary N) is 1. The van der Waals surface area contributed by atoms with Gasteiger partial charge in [0.05, 0.1) is 5.52 Å². The average Bonchev–Trinajstić information content (AvgIpc) is 2.52. The first-order chi connectivity index (χ1) is 8.70. The predicted octanol–water partition coefficient (Wildman–Crippen LogP) is 2.96. The molecule has 1 heterocycles. The Hall–Kier alpha value is -1.44. The quantitative estimate of drug-likeness (QED) is 0.915. The molecule has 19 heavy (non-hydrogen) atoms. The van der Waals surface area contributed by atoms with E-state index in [-0.39, 0.29) is 11.1 Å². The average molecular weight is 339 g/mol. The molecule has 0 radical (unpaired) electrons. The Morgan fingerprint density at radius 2 is 2.05 bits per heavy atom. The summed E-state index contributed by atoms with van der Waals surface area (Å²) in [6, 6.07) is 2.97. The van der Waals surface area contributed by atoms with Gasteiger partial charge < -0.3 is 4.74 Å². The molecular formula is C11H10BrF3N2O2. The van der Waals surface area contributed by atoms with Gasteiger partial charge in [-0.2, -0.15) is 13.2 Å². The summed E-state index contributed by atoms with van der Waals surface area (Å²) in [5.74, 6) is -0.101. The maximum absolute atomic E-state index is 12.5. The summed E-state index contributed by atoms with van der Waals surface area (Å²) in [6.07, 6.45) is -6.49. The number of nitrogens with zero attached hydrogens (tertiary/aromatic N) is 1. The van der Waals surface area contributed by atoms with Crippen molar-refractivity contribution >= 4 is 26.8 Å². The van der Waals surface area contributed by atoms with E-state index in [1.807, 2.05) is 0 Å². The van der Waals surface area contributed by atoms with E-state index in [2.05, 4.69) is 21.0 Å². The fraction of sp³-hybridized carbons (Fsp3) is 0.364. The third-order valence-electron chi connectivity index (χ3n) is 2.67. The van der Waals surface area contributed by atoms with Crippen molar-refractivity contribution in [2.75, 3.05) is 0 Å². The van der Waals surface area contributed by atoms with Crippen molar-refractivity contribution in [2.45, 2.75) is 19.2 Å². The van der Waals surface area contributed by atoms with Crippen LogP contribution >= 0.6 is 15.9 Å². The van der Waals surface area contributed by atoms with Gasteiger partial charge in [0, 0.05) is 11.5 Å². The Bertz CT molecular complexity index is 675. The number of hydrogen-bond acceptors (Lipinski definition) is 2. The van der Waals surface area contributed by atoms with Gasteiger partial charge in [-0.05, 0) is 19.1 Å². The molecule has 0 spiro atoms. The Morgan fingerprint density at radius 3 is 2.63 bits per heavy atom. The number of halogens is 4. The Morgan fingerprint density at radius 1 is 1.42 bits per heavy atom. The molecule has 1 N–H and O–H groups in total. The second-order valence-electron chi connectivity index (χ2n) is 4.10. The number of benzene rings is 1. The molecule has 0 aliphatic carbocycles. The van der Waals surface area contributed by atoms with Gasteiger partial charge in [-0.1, -0.05) is 15.9 Å².